The van der Waals surface area contributed by atoms with Gasteiger partial charge in [0.1, 0.15) is 6.67 Å². The van der Waals surface area contributed by atoms with Crippen molar-refractivity contribution < 1.29 is 4.39 Å². The Bertz CT molecular complexity index is 129. The van der Waals surface area contributed by atoms with E-state index in [2.05, 4.69) is 0 Å². The molecule has 0 aromatic rings. The molecule has 0 fully saturated rings. The number of rotatable bonds is 1. The van der Waals surface area contributed by atoms with Gasteiger partial charge in [0, 0.05) is 5.03 Å². The maximum Gasteiger partial charge on any atom is 0.112 e. The highest BCUT2D eigenvalue weighted by molar-refractivity contribution is 6.30. The average molecular weight is 149 g/mol. The molecule has 0 unspecified atom stereocenters. The summed E-state index contributed by atoms with van der Waals surface area (Å²) < 4.78 is 12.0. The Morgan fingerprint density at radius 3 is 2.44 bits per heavy atom. The Balaban J connectivity index is 2.59. The minimum Gasteiger partial charge on any atom is -0.246 e. The van der Waals surface area contributed by atoms with Crippen molar-refractivity contribution >= 4 is 11.6 Å². The van der Waals surface area contributed by atoms with Crippen molar-refractivity contribution in [2.24, 2.45) is 0 Å². The van der Waals surface area contributed by atoms with Crippen molar-refractivity contribution in [2.75, 3.05) is 6.67 Å². The second kappa shape index (κ2) is 3.21. The van der Waals surface area contributed by atoms with E-state index >= 15 is 0 Å². The van der Waals surface area contributed by atoms with Crippen molar-refractivity contribution in [1.29, 1.82) is 0 Å². The van der Waals surface area contributed by atoms with Crippen molar-refractivity contribution in [3.8, 4) is 0 Å². The number of alkyl halides is 1. The molecule has 0 aliphatic heterocycles. The zero-order valence-electron chi connectivity index (χ0n) is 5.29. The molecular weight excluding hydrogens is 139 g/mol. The molecule has 0 heterocycles. The van der Waals surface area contributed by atoms with Crippen molar-refractivity contribution in [2.45, 2.75) is 25.7 Å². The molecule has 0 radical (unpaired) electrons. The quantitative estimate of drug-likeness (QED) is 0.536. The summed E-state index contributed by atoms with van der Waals surface area (Å²) >= 11 is 5.72. The van der Waals surface area contributed by atoms with Crippen LogP contribution in [-0.2, 0) is 0 Å². The lowest BCUT2D eigenvalue weighted by Crippen LogP contribution is -1.96. The predicted molar refractivity (Wildman–Crippen MR) is 37.3 cm³/mol. The lowest BCUT2D eigenvalue weighted by atomic mass is 10.0. The van der Waals surface area contributed by atoms with Crippen LogP contribution in [0, 0.1) is 0 Å². The molecule has 0 saturated heterocycles. The van der Waals surface area contributed by atoms with E-state index in [-0.39, 0.29) is 6.67 Å². The van der Waals surface area contributed by atoms with Crippen LogP contribution in [0.5, 0.6) is 0 Å². The first-order valence-electron chi connectivity index (χ1n) is 3.27. The Kier molecular flexibility index (Phi) is 2.52. The van der Waals surface area contributed by atoms with Gasteiger partial charge in [-0.1, -0.05) is 11.6 Å². The first-order chi connectivity index (χ1) is 4.34. The SMILES string of the molecule is FCC1=C(Cl)CCCC1. The fourth-order valence-corrected chi connectivity index (χ4v) is 1.35. The van der Waals surface area contributed by atoms with Crippen LogP contribution >= 0.6 is 11.6 Å². The van der Waals surface area contributed by atoms with Crippen LogP contribution in [0.25, 0.3) is 0 Å². The molecule has 0 bridgehead atoms. The topological polar surface area (TPSA) is 0 Å². The molecule has 0 aromatic carbocycles. The smallest absolute Gasteiger partial charge is 0.112 e. The molecule has 1 aliphatic rings. The predicted octanol–water partition coefficient (Wildman–Crippen LogP) is 3.02. The van der Waals surface area contributed by atoms with Crippen molar-refractivity contribution in [3.63, 3.8) is 0 Å². The molecule has 0 nitrogen and oxygen atoms in total. The minimum absolute atomic E-state index is 0.348. The monoisotopic (exact) mass is 148 g/mol. The van der Waals surface area contributed by atoms with Crippen molar-refractivity contribution in [3.05, 3.63) is 10.6 Å². The molecule has 0 atom stereocenters. The van der Waals surface area contributed by atoms with E-state index in [9.17, 15) is 4.39 Å². The van der Waals surface area contributed by atoms with Crippen LogP contribution in [0.1, 0.15) is 25.7 Å². The summed E-state index contributed by atoms with van der Waals surface area (Å²) in [4.78, 5) is 0. The highest BCUT2D eigenvalue weighted by atomic mass is 35.5. The molecule has 1 aliphatic carbocycles. The minimum atomic E-state index is -0.348. The molecule has 0 N–H and O–H groups in total. The van der Waals surface area contributed by atoms with Crippen LogP contribution in [0.2, 0.25) is 0 Å². The van der Waals surface area contributed by atoms with Gasteiger partial charge in [-0.25, -0.2) is 4.39 Å². The van der Waals surface area contributed by atoms with E-state index in [0.29, 0.717) is 0 Å². The van der Waals surface area contributed by atoms with Gasteiger partial charge < -0.3 is 0 Å². The first kappa shape index (κ1) is 7.07. The second-order valence-corrected chi connectivity index (χ2v) is 2.81. The normalized spacial score (nSPS) is 20.7. The van der Waals surface area contributed by atoms with Gasteiger partial charge in [-0.3, -0.25) is 0 Å². The lowest BCUT2D eigenvalue weighted by molar-refractivity contribution is 0.512. The summed E-state index contributed by atoms with van der Waals surface area (Å²) in [5, 5.41) is 0.767. The number of halogens is 2. The highest BCUT2D eigenvalue weighted by Gasteiger charge is 2.09. The van der Waals surface area contributed by atoms with Crippen LogP contribution < -0.4 is 0 Å². The van der Waals surface area contributed by atoms with Gasteiger partial charge in [0.15, 0.2) is 0 Å². The Labute approximate surface area is 59.7 Å². The molecule has 52 valence electrons. The average Bonchev–Trinajstić information content (AvgIpc) is 1.89. The molecule has 0 saturated carbocycles. The fraction of sp³-hybridized carbons (Fsp3) is 0.714. The molecule has 9 heavy (non-hydrogen) atoms. The zero-order chi connectivity index (χ0) is 6.69. The summed E-state index contributed by atoms with van der Waals surface area (Å²) in [7, 11) is 0. The van der Waals surface area contributed by atoms with Gasteiger partial charge in [-0.15, -0.1) is 0 Å². The van der Waals surface area contributed by atoms with Gasteiger partial charge in [-0.05, 0) is 31.3 Å². The van der Waals surface area contributed by atoms with E-state index in [1.807, 2.05) is 0 Å². The molecule has 1 rings (SSSR count). The fourth-order valence-electron chi connectivity index (χ4n) is 1.07. The van der Waals surface area contributed by atoms with Crippen LogP contribution in [0.4, 0.5) is 4.39 Å². The van der Waals surface area contributed by atoms with Gasteiger partial charge >= 0.3 is 0 Å². The van der Waals surface area contributed by atoms with Gasteiger partial charge in [-0.2, -0.15) is 0 Å². The Morgan fingerprint density at radius 1 is 1.33 bits per heavy atom. The molecule has 0 aromatic heterocycles. The van der Waals surface area contributed by atoms with E-state index in [1.165, 1.54) is 0 Å². The Morgan fingerprint density at radius 2 is 2.00 bits per heavy atom. The number of hydrogen-bond acceptors (Lipinski definition) is 0. The van der Waals surface area contributed by atoms with E-state index in [1.54, 1.807) is 0 Å². The van der Waals surface area contributed by atoms with E-state index in [4.69, 9.17) is 11.6 Å². The van der Waals surface area contributed by atoms with Crippen molar-refractivity contribution in [1.82, 2.24) is 0 Å². The van der Waals surface area contributed by atoms with E-state index in [0.717, 1.165) is 36.3 Å². The summed E-state index contributed by atoms with van der Waals surface area (Å²) in [5.74, 6) is 0. The third-order valence-electron chi connectivity index (χ3n) is 1.67. The molecule has 0 amide bonds. The maximum absolute atomic E-state index is 12.0. The standard InChI is InChI=1S/C7H10ClF/c8-7-4-2-1-3-6(7)5-9/h1-5H2. The molecular formula is C7H10ClF. The zero-order valence-corrected chi connectivity index (χ0v) is 6.05. The third-order valence-corrected chi connectivity index (χ3v) is 2.13. The van der Waals surface area contributed by atoms with Crippen LogP contribution in [-0.4, -0.2) is 6.67 Å². The number of hydrogen-bond donors (Lipinski definition) is 0. The highest BCUT2D eigenvalue weighted by Crippen LogP contribution is 2.27. The summed E-state index contributed by atoms with van der Waals surface area (Å²) in [5.41, 5.74) is 0.822. The number of allylic oxidation sites excluding steroid dienone is 2. The maximum atomic E-state index is 12.0. The summed E-state index contributed by atoms with van der Waals surface area (Å²) in [6.07, 6.45) is 3.99. The lowest BCUT2D eigenvalue weighted by Gasteiger charge is -2.12. The first-order valence-corrected chi connectivity index (χ1v) is 3.64. The van der Waals surface area contributed by atoms with Gasteiger partial charge in [0.05, 0.1) is 0 Å². The third kappa shape index (κ3) is 1.68. The largest absolute Gasteiger partial charge is 0.246 e. The second-order valence-electron chi connectivity index (χ2n) is 2.35. The molecule has 0 spiro atoms. The van der Waals surface area contributed by atoms with Gasteiger partial charge in [0.25, 0.3) is 0 Å². The van der Waals surface area contributed by atoms with Crippen LogP contribution in [0.3, 0.4) is 0 Å². The summed E-state index contributed by atoms with van der Waals surface area (Å²) in [6, 6.07) is 0. The van der Waals surface area contributed by atoms with Crippen LogP contribution in [0.15, 0.2) is 10.6 Å². The van der Waals surface area contributed by atoms with Gasteiger partial charge in [0.2, 0.25) is 0 Å². The Hall–Kier alpha value is -0.0400. The van der Waals surface area contributed by atoms with E-state index < -0.39 is 0 Å². The summed E-state index contributed by atoms with van der Waals surface area (Å²) in [6.45, 7) is -0.348. The molecule has 2 heteroatoms.